The summed E-state index contributed by atoms with van der Waals surface area (Å²) in [5.74, 6) is -1.15. The Morgan fingerprint density at radius 1 is 0.246 bits per heavy atom. The van der Waals surface area contributed by atoms with Crippen LogP contribution in [0.5, 0.6) is 0 Å². The van der Waals surface area contributed by atoms with Crippen LogP contribution in [0.15, 0.2) is 274 Å². The standard InChI is InChI=1S/C23H20ClIN4O.C22H19ClN4O.C21H16Cl2N4O.C21H16ClIN4O.C20H13Cl2IN4O/c1-13(2)15-4-8-17(9-5-15)27-23(30)19-12-26-22-20(21(19)24)14(3)28-29(22)18-10-6-16(25)7-11-18;1-13-4-8-16(9-5-13)25-22(28)18-12-24-21-19(20(18)23)15(3)26-27(21)17-10-6-14(2)7-11-17;1-12-3-9-16(10-4-12)27-20-18(13(2)26-27)19(23)17(11-24-20)21(28)25-15-7-5-14(22)6-8-15;1-12-3-7-15(8-4-12)25-21(28)17-11-24-20-18(19(17)22)13(2)26-27(20)16-9-5-14(23)6-10-16;1-11-17-18(22)16(20(28)25-14-6-2-12(21)3-7-14)10-24-19(17)27(26-11)15-8-4-13(23)5-9-15/h4-13H,1-3H3,(H,27,30);4-12H,1-3H3,(H,25,28);2*3-11H,1-2H3,(H,25,28);2-10H,1H3,(H,25,28). The van der Waals surface area contributed by atoms with Crippen molar-refractivity contribution < 1.29 is 24.0 Å². The second kappa shape index (κ2) is 44.6. The molecule has 0 radical (unpaired) electrons. The highest BCUT2D eigenvalue weighted by atomic mass is 127. The van der Waals surface area contributed by atoms with Gasteiger partial charge in [-0.2, -0.15) is 25.5 Å². The molecule has 20 aromatic rings. The molecule has 0 atom stereocenters. The third-order valence-electron chi connectivity index (χ3n) is 22.7. The summed E-state index contributed by atoms with van der Waals surface area (Å²) in [6.45, 7) is 21.6. The third-order valence-corrected chi connectivity index (χ3v) is 27.3. The van der Waals surface area contributed by atoms with Gasteiger partial charge in [0.15, 0.2) is 28.2 Å². The number of carbonyl (C=O) groups is 5. The van der Waals surface area contributed by atoms with Gasteiger partial charge in [-0.25, -0.2) is 48.3 Å². The minimum atomic E-state index is -0.344. The number of anilines is 5. The van der Waals surface area contributed by atoms with E-state index in [9.17, 15) is 24.0 Å². The molecule has 712 valence electrons. The Labute approximate surface area is 891 Å². The maximum absolute atomic E-state index is 12.9. The first kappa shape index (κ1) is 102. The van der Waals surface area contributed by atoms with Crippen molar-refractivity contribution >= 4 is 262 Å². The van der Waals surface area contributed by atoms with Crippen LogP contribution in [0, 0.1) is 73.0 Å². The molecular formula is C107H84Cl7I3N20O5. The van der Waals surface area contributed by atoms with E-state index >= 15 is 0 Å². The number of rotatable bonds is 16. The van der Waals surface area contributed by atoms with Gasteiger partial charge < -0.3 is 26.6 Å². The summed E-state index contributed by atoms with van der Waals surface area (Å²) in [6, 6.07) is 76.5. The summed E-state index contributed by atoms with van der Waals surface area (Å²) >= 11 is 51.5. The number of hydrogen-bond acceptors (Lipinski definition) is 15. The molecule has 0 bridgehead atoms. The van der Waals surface area contributed by atoms with Gasteiger partial charge in [-0.3, -0.25) is 24.0 Å². The molecule has 0 saturated carbocycles. The molecule has 20 rings (SSSR count). The van der Waals surface area contributed by atoms with E-state index < -0.39 is 0 Å². The molecule has 0 aliphatic rings. The fourth-order valence-corrected chi connectivity index (χ4v) is 18.2. The number of carbonyl (C=O) groups excluding carboxylic acids is 5. The van der Waals surface area contributed by atoms with Gasteiger partial charge in [-0.1, -0.05) is 178 Å². The Hall–Kier alpha value is -13.1. The topological polar surface area (TPSA) is 299 Å². The Morgan fingerprint density at radius 3 is 0.606 bits per heavy atom. The van der Waals surface area contributed by atoms with Crippen LogP contribution in [-0.2, 0) is 0 Å². The van der Waals surface area contributed by atoms with E-state index in [2.05, 4.69) is 159 Å². The number of nitrogens with zero attached hydrogens (tertiary/aromatic N) is 15. The predicted molar refractivity (Wildman–Crippen MR) is 596 cm³/mol. The maximum Gasteiger partial charge on any atom is 0.258 e. The van der Waals surface area contributed by atoms with E-state index in [4.69, 9.17) is 81.2 Å². The van der Waals surface area contributed by atoms with E-state index in [1.165, 1.54) is 36.5 Å². The van der Waals surface area contributed by atoms with Gasteiger partial charge in [0, 0.05) is 80.2 Å². The number of aryl methyl sites for hydroxylation is 9. The monoisotopic (exact) mass is 2350 g/mol. The fourth-order valence-electron chi connectivity index (χ4n) is 15.1. The van der Waals surface area contributed by atoms with Crippen molar-refractivity contribution in [1.29, 1.82) is 0 Å². The molecule has 25 nitrogen and oxygen atoms in total. The van der Waals surface area contributed by atoms with Gasteiger partial charge in [0.25, 0.3) is 29.5 Å². The number of fused-ring (bicyclic) bond motifs is 5. The van der Waals surface area contributed by atoms with Crippen molar-refractivity contribution in [2.24, 2.45) is 0 Å². The van der Waals surface area contributed by atoms with Crippen molar-refractivity contribution in [3.05, 3.63) is 404 Å². The van der Waals surface area contributed by atoms with Crippen LogP contribution < -0.4 is 26.6 Å². The van der Waals surface area contributed by atoms with E-state index in [1.807, 2.05) is 256 Å². The van der Waals surface area contributed by atoms with Crippen LogP contribution in [0.1, 0.15) is 128 Å². The summed E-state index contributed by atoms with van der Waals surface area (Å²) in [4.78, 5) is 86.1. The van der Waals surface area contributed by atoms with E-state index in [0.29, 0.717) is 153 Å². The van der Waals surface area contributed by atoms with Gasteiger partial charge in [0.1, 0.15) is 0 Å². The molecule has 0 unspecified atom stereocenters. The molecule has 142 heavy (non-hydrogen) atoms. The van der Waals surface area contributed by atoms with Crippen LogP contribution in [-0.4, -0.2) is 103 Å². The molecular weight excluding hydrogens is 2270 g/mol. The van der Waals surface area contributed by atoms with Crippen LogP contribution >= 0.6 is 149 Å². The number of nitrogens with one attached hydrogen (secondary N) is 5. The molecule has 10 aromatic carbocycles. The fraction of sp³-hybridized carbons (Fsp3) is 0.112. The van der Waals surface area contributed by atoms with Gasteiger partial charge in [-0.15, -0.1) is 0 Å². The average molecular weight is 2360 g/mol. The zero-order valence-corrected chi connectivity index (χ0v) is 89.4. The molecule has 0 aliphatic carbocycles. The maximum atomic E-state index is 12.9. The number of pyridine rings is 5. The Morgan fingerprint density at radius 2 is 0.415 bits per heavy atom. The first-order valence-electron chi connectivity index (χ1n) is 44.0. The lowest BCUT2D eigenvalue weighted by molar-refractivity contribution is 0.101. The first-order valence-corrected chi connectivity index (χ1v) is 49.9. The summed E-state index contributed by atoms with van der Waals surface area (Å²) in [5, 5.41) is 43.4. The molecule has 0 spiro atoms. The zero-order valence-electron chi connectivity index (χ0n) is 77.6. The van der Waals surface area contributed by atoms with Gasteiger partial charge >= 0.3 is 0 Å². The molecule has 35 heteroatoms. The third kappa shape index (κ3) is 23.0. The highest BCUT2D eigenvalue weighted by Crippen LogP contribution is 2.38. The second-order valence-corrected chi connectivity index (χ2v) is 39.8. The van der Waals surface area contributed by atoms with Crippen molar-refractivity contribution in [2.45, 2.75) is 82.1 Å². The van der Waals surface area contributed by atoms with Gasteiger partial charge in [-0.05, 0) is 324 Å². The van der Waals surface area contributed by atoms with Crippen molar-refractivity contribution in [3.8, 4) is 28.4 Å². The highest BCUT2D eigenvalue weighted by molar-refractivity contribution is 14.1. The molecule has 0 aliphatic heterocycles. The van der Waals surface area contributed by atoms with Crippen molar-refractivity contribution in [3.63, 3.8) is 0 Å². The minimum absolute atomic E-state index is 0.286. The molecule has 5 amide bonds. The molecule has 0 fully saturated rings. The number of hydrogen-bond donors (Lipinski definition) is 5. The Balaban J connectivity index is 0.000000128. The lowest BCUT2D eigenvalue weighted by Crippen LogP contribution is -2.13. The summed E-state index contributed by atoms with van der Waals surface area (Å²) in [6.07, 6.45) is 7.45. The van der Waals surface area contributed by atoms with E-state index in [1.54, 1.807) is 71.9 Å². The second-order valence-electron chi connectivity index (χ2n) is 33.3. The van der Waals surface area contributed by atoms with Gasteiger partial charge in [0.2, 0.25) is 0 Å². The van der Waals surface area contributed by atoms with Crippen molar-refractivity contribution in [1.82, 2.24) is 73.8 Å². The van der Waals surface area contributed by atoms with E-state index in [0.717, 1.165) is 78.5 Å². The number of halogens is 10. The molecule has 10 aromatic heterocycles. The summed E-state index contributed by atoms with van der Waals surface area (Å²) < 4.78 is 12.1. The lowest BCUT2D eigenvalue weighted by Gasteiger charge is -2.10. The number of amides is 5. The number of aromatic nitrogens is 15. The minimum Gasteiger partial charge on any atom is -0.322 e. The molecule has 5 N–H and O–H groups in total. The van der Waals surface area contributed by atoms with Crippen molar-refractivity contribution in [2.75, 3.05) is 26.6 Å². The summed E-state index contributed by atoms with van der Waals surface area (Å²) in [5.41, 5.74) is 21.8. The van der Waals surface area contributed by atoms with Gasteiger partial charge in [0.05, 0.1) is 137 Å². The first-order chi connectivity index (χ1) is 68.1. The SMILES string of the molecule is Cc1ccc(-n2nc(C)c3c(Cl)c(C(=O)Nc4ccc(Cl)cc4)cnc32)cc1.Cc1ccc(NC(=O)c2cnc3c(c(C)nn3-c3ccc(C)cc3)c2Cl)cc1.Cc1ccc(NC(=O)c2cnc3c(c(C)nn3-c3ccc(I)cc3)c2Cl)cc1.Cc1nn(-c2ccc(I)cc2)c2ncc(C(=O)Nc3ccc(C(C)C)cc3)c(Cl)c12.Cc1nn(-c2ccc(I)cc2)c2ncc(C(=O)Nc3ccc(Cl)cc3)c(Cl)c12. The van der Waals surface area contributed by atoms with Crippen LogP contribution in [0.25, 0.3) is 83.6 Å². The Bertz CT molecular complexity index is 7430. The normalized spacial score (nSPS) is 11.1. The predicted octanol–water partition coefficient (Wildman–Crippen LogP) is 28.7. The zero-order chi connectivity index (χ0) is 101. The lowest BCUT2D eigenvalue weighted by atomic mass is 10.0. The smallest absolute Gasteiger partial charge is 0.258 e. The van der Waals surface area contributed by atoms with Crippen LogP contribution in [0.2, 0.25) is 35.2 Å². The number of benzene rings is 10. The quantitative estimate of drug-likeness (QED) is 0.0562. The largest absolute Gasteiger partial charge is 0.322 e. The molecule has 10 heterocycles. The van der Waals surface area contributed by atoms with E-state index in [-0.39, 0.29) is 40.7 Å². The average Bonchev–Trinajstić information content (AvgIpc) is 1.63. The highest BCUT2D eigenvalue weighted by Gasteiger charge is 2.28. The van der Waals surface area contributed by atoms with Crippen LogP contribution in [0.4, 0.5) is 28.4 Å². The van der Waals surface area contributed by atoms with Crippen LogP contribution in [0.3, 0.4) is 0 Å². The molecule has 0 saturated heterocycles. The Kier molecular flexibility index (Phi) is 32.0. The summed E-state index contributed by atoms with van der Waals surface area (Å²) in [7, 11) is 0.